The summed E-state index contributed by atoms with van der Waals surface area (Å²) in [6, 6.07) is 0.00317. The summed E-state index contributed by atoms with van der Waals surface area (Å²) < 4.78 is 5.37. The third kappa shape index (κ3) is 3.51. The molecule has 0 bridgehead atoms. The summed E-state index contributed by atoms with van der Waals surface area (Å²) in [4.78, 5) is 40.8. The van der Waals surface area contributed by atoms with Crippen LogP contribution in [0.15, 0.2) is 0 Å². The largest absolute Gasteiger partial charge is 0.481 e. The number of hydrogen-bond donors (Lipinski definition) is 2. The smallest absolute Gasteiger partial charge is 0.410 e. The van der Waals surface area contributed by atoms with Gasteiger partial charge in [0.15, 0.2) is 0 Å². The molecule has 25 heavy (non-hydrogen) atoms. The zero-order chi connectivity index (χ0) is 18.4. The third-order valence-electron chi connectivity index (χ3n) is 5.01. The second-order valence-electron chi connectivity index (χ2n) is 8.11. The number of aliphatic carboxylic acids is 1. The molecule has 2 N–H and O–H groups in total. The van der Waals surface area contributed by atoms with Gasteiger partial charge in [0.25, 0.3) is 0 Å². The highest BCUT2D eigenvalue weighted by atomic mass is 16.6. The molecule has 9 nitrogen and oxygen atoms in total. The summed E-state index contributed by atoms with van der Waals surface area (Å²) in [5, 5.41) is 12.2. The van der Waals surface area contributed by atoms with Gasteiger partial charge < -0.3 is 25.0 Å². The van der Waals surface area contributed by atoms with Gasteiger partial charge in [-0.3, -0.25) is 9.69 Å². The van der Waals surface area contributed by atoms with Crippen LogP contribution in [0, 0.1) is 0 Å². The molecule has 140 valence electrons. The van der Waals surface area contributed by atoms with Crippen molar-refractivity contribution in [1.82, 2.24) is 20.0 Å². The monoisotopic (exact) mass is 354 g/mol. The minimum Gasteiger partial charge on any atom is -0.481 e. The Morgan fingerprint density at radius 3 is 2.60 bits per heavy atom. The lowest BCUT2D eigenvalue weighted by Gasteiger charge is -2.57. The number of fused-ring (bicyclic) bond motifs is 1. The molecule has 3 fully saturated rings. The summed E-state index contributed by atoms with van der Waals surface area (Å²) >= 11 is 0. The maximum absolute atomic E-state index is 12.2. The molecule has 9 heteroatoms. The number of nitrogens with zero attached hydrogens (tertiary/aromatic N) is 3. The summed E-state index contributed by atoms with van der Waals surface area (Å²) in [6.45, 7) is 8.46. The average molecular weight is 354 g/mol. The highest BCUT2D eigenvalue weighted by Crippen LogP contribution is 2.34. The first-order valence-corrected chi connectivity index (χ1v) is 8.59. The van der Waals surface area contributed by atoms with E-state index in [2.05, 4.69) is 10.2 Å². The fraction of sp³-hybridized carbons (Fsp3) is 0.812. The molecular weight excluding hydrogens is 328 g/mol. The summed E-state index contributed by atoms with van der Waals surface area (Å²) in [5.74, 6) is -0.883. The fourth-order valence-corrected chi connectivity index (χ4v) is 3.86. The van der Waals surface area contributed by atoms with Gasteiger partial charge in [-0.05, 0) is 20.8 Å². The van der Waals surface area contributed by atoms with E-state index in [1.165, 1.54) is 0 Å². The number of rotatable bonds is 3. The van der Waals surface area contributed by atoms with Crippen molar-refractivity contribution in [2.24, 2.45) is 0 Å². The van der Waals surface area contributed by atoms with Gasteiger partial charge in [0, 0.05) is 39.3 Å². The zero-order valence-electron chi connectivity index (χ0n) is 14.9. The van der Waals surface area contributed by atoms with Crippen LogP contribution in [0.25, 0.3) is 0 Å². The molecule has 0 spiro atoms. The van der Waals surface area contributed by atoms with E-state index in [4.69, 9.17) is 4.74 Å². The van der Waals surface area contributed by atoms with Crippen LogP contribution in [0.2, 0.25) is 0 Å². The summed E-state index contributed by atoms with van der Waals surface area (Å²) in [6.07, 6.45) is -0.440. The molecule has 3 aliphatic heterocycles. The van der Waals surface area contributed by atoms with E-state index in [0.29, 0.717) is 39.3 Å². The van der Waals surface area contributed by atoms with Gasteiger partial charge in [-0.2, -0.15) is 0 Å². The Morgan fingerprint density at radius 1 is 1.32 bits per heavy atom. The van der Waals surface area contributed by atoms with Crippen LogP contribution >= 0.6 is 0 Å². The molecule has 3 amide bonds. The molecule has 1 atom stereocenters. The molecule has 0 radical (unpaired) electrons. The van der Waals surface area contributed by atoms with Crippen LogP contribution in [0.1, 0.15) is 27.2 Å². The topological polar surface area (TPSA) is 102 Å². The van der Waals surface area contributed by atoms with Crippen LogP contribution in [-0.4, -0.2) is 94.4 Å². The maximum Gasteiger partial charge on any atom is 0.410 e. The van der Waals surface area contributed by atoms with Gasteiger partial charge in [0.1, 0.15) is 5.60 Å². The Labute approximate surface area is 146 Å². The molecule has 0 aromatic carbocycles. The lowest BCUT2D eigenvalue weighted by molar-refractivity contribution is -0.147. The van der Waals surface area contributed by atoms with Crippen molar-refractivity contribution in [3.63, 3.8) is 0 Å². The summed E-state index contributed by atoms with van der Waals surface area (Å²) in [7, 11) is 0. The number of carbonyl (C=O) groups is 3. The Kier molecular flexibility index (Phi) is 4.30. The molecule has 3 aliphatic rings. The number of carboxylic acid groups (broad SMARTS) is 1. The van der Waals surface area contributed by atoms with E-state index < -0.39 is 23.2 Å². The lowest BCUT2D eigenvalue weighted by atomic mass is 9.83. The third-order valence-corrected chi connectivity index (χ3v) is 5.01. The second-order valence-corrected chi connectivity index (χ2v) is 8.11. The van der Waals surface area contributed by atoms with Crippen LogP contribution in [0.3, 0.4) is 0 Å². The Balaban J connectivity index is 1.67. The van der Waals surface area contributed by atoms with Crippen LogP contribution in [-0.2, 0) is 9.53 Å². The number of nitrogens with one attached hydrogen (secondary N) is 1. The number of hydrogen-bond acceptors (Lipinski definition) is 5. The van der Waals surface area contributed by atoms with Gasteiger partial charge in [-0.25, -0.2) is 9.59 Å². The van der Waals surface area contributed by atoms with E-state index in [1.54, 1.807) is 30.6 Å². The lowest BCUT2D eigenvalue weighted by Crippen LogP contribution is -2.75. The van der Waals surface area contributed by atoms with Crippen LogP contribution in [0.5, 0.6) is 0 Å². The molecule has 0 aromatic heterocycles. The molecule has 0 saturated carbocycles. The molecule has 1 unspecified atom stereocenters. The van der Waals surface area contributed by atoms with Crippen molar-refractivity contribution in [3.8, 4) is 0 Å². The van der Waals surface area contributed by atoms with Gasteiger partial charge in [-0.1, -0.05) is 0 Å². The fourth-order valence-electron chi connectivity index (χ4n) is 3.86. The van der Waals surface area contributed by atoms with E-state index in [9.17, 15) is 19.5 Å². The van der Waals surface area contributed by atoms with Crippen molar-refractivity contribution in [3.05, 3.63) is 0 Å². The minimum absolute atomic E-state index is 0.0274. The van der Waals surface area contributed by atoms with E-state index in [0.717, 1.165) is 0 Å². The van der Waals surface area contributed by atoms with Crippen molar-refractivity contribution in [1.29, 1.82) is 0 Å². The SMILES string of the molecule is CC(C)(C)OC(=O)N1CC(CC(=O)O)(N2CCN3C(=O)NCC3C2)C1. The van der Waals surface area contributed by atoms with E-state index >= 15 is 0 Å². The predicted molar refractivity (Wildman–Crippen MR) is 88.3 cm³/mol. The quantitative estimate of drug-likeness (QED) is 0.748. The molecule has 0 aromatic rings. The molecule has 3 heterocycles. The van der Waals surface area contributed by atoms with Gasteiger partial charge in [0.2, 0.25) is 0 Å². The number of urea groups is 1. The number of carbonyl (C=O) groups excluding carboxylic acids is 2. The number of ether oxygens (including phenoxy) is 1. The standard InChI is InChI=1S/C16H26N4O5/c1-15(2,3)25-14(24)18-9-16(10-18,6-12(21)22)19-4-5-20-11(8-19)7-17-13(20)23/h11H,4-10H2,1-3H3,(H,17,23)(H,21,22). The zero-order valence-corrected chi connectivity index (χ0v) is 14.9. The average Bonchev–Trinajstić information content (AvgIpc) is 2.81. The Bertz CT molecular complexity index is 582. The Morgan fingerprint density at radius 2 is 2.00 bits per heavy atom. The number of amides is 3. The first-order valence-electron chi connectivity index (χ1n) is 8.59. The second kappa shape index (κ2) is 6.05. The first-order chi connectivity index (χ1) is 11.6. The highest BCUT2D eigenvalue weighted by molar-refractivity contribution is 5.77. The van der Waals surface area contributed by atoms with Gasteiger partial charge in [0.05, 0.1) is 18.0 Å². The molecule has 3 rings (SSSR count). The van der Waals surface area contributed by atoms with Crippen LogP contribution in [0.4, 0.5) is 9.59 Å². The number of likely N-dealkylation sites (tertiary alicyclic amines) is 1. The van der Waals surface area contributed by atoms with E-state index in [-0.39, 0.29) is 18.5 Å². The molecule has 0 aliphatic carbocycles. The summed E-state index contributed by atoms with van der Waals surface area (Å²) in [5.41, 5.74) is -1.16. The predicted octanol–water partition coefficient (Wildman–Crippen LogP) is 0.160. The van der Waals surface area contributed by atoms with E-state index in [1.807, 2.05) is 0 Å². The van der Waals surface area contributed by atoms with Crippen molar-refractivity contribution < 1.29 is 24.2 Å². The Hall–Kier alpha value is -2.03. The van der Waals surface area contributed by atoms with Crippen molar-refractivity contribution >= 4 is 18.1 Å². The molecular formula is C16H26N4O5. The minimum atomic E-state index is -0.883. The van der Waals surface area contributed by atoms with Crippen LogP contribution < -0.4 is 5.32 Å². The van der Waals surface area contributed by atoms with Crippen molar-refractivity contribution in [2.75, 3.05) is 39.3 Å². The first kappa shape index (κ1) is 17.8. The number of piperazine rings is 1. The van der Waals surface area contributed by atoms with Crippen molar-refractivity contribution in [2.45, 2.75) is 44.4 Å². The van der Waals surface area contributed by atoms with Gasteiger partial charge in [-0.15, -0.1) is 0 Å². The van der Waals surface area contributed by atoms with Gasteiger partial charge >= 0.3 is 18.1 Å². The number of carboxylic acids is 1. The normalized spacial score (nSPS) is 25.9. The molecule has 3 saturated heterocycles. The highest BCUT2D eigenvalue weighted by Gasteiger charge is 2.53. The maximum atomic E-state index is 12.2.